The summed E-state index contributed by atoms with van der Waals surface area (Å²) >= 11 is 0. The molecule has 100 valence electrons. The SMILES string of the molecule is COC(=O)CN(C)Cc1nc2ccccc2c(=O)[nH]1. The summed E-state index contributed by atoms with van der Waals surface area (Å²) < 4.78 is 4.58. The highest BCUT2D eigenvalue weighted by Crippen LogP contribution is 2.06. The van der Waals surface area contributed by atoms with E-state index in [1.54, 1.807) is 30.1 Å². The molecule has 0 saturated carbocycles. The lowest BCUT2D eigenvalue weighted by molar-refractivity contribution is -0.141. The third-order valence-corrected chi connectivity index (χ3v) is 2.71. The molecule has 1 N–H and O–H groups in total. The monoisotopic (exact) mass is 261 g/mol. The number of fused-ring (bicyclic) bond motifs is 1. The fourth-order valence-electron chi connectivity index (χ4n) is 1.81. The van der Waals surface area contributed by atoms with Crippen LogP contribution in [-0.2, 0) is 16.1 Å². The molecular formula is C13H15N3O3. The first-order valence-corrected chi connectivity index (χ1v) is 5.83. The standard InChI is InChI=1S/C13H15N3O3/c1-16(8-12(17)19-2)7-11-14-10-6-4-3-5-9(10)13(18)15-11/h3-6H,7-8H2,1-2H3,(H,14,15,18). The van der Waals surface area contributed by atoms with E-state index >= 15 is 0 Å². The Morgan fingerprint density at radius 2 is 2.16 bits per heavy atom. The lowest BCUT2D eigenvalue weighted by Gasteiger charge is -2.14. The van der Waals surface area contributed by atoms with Gasteiger partial charge in [0.25, 0.3) is 5.56 Å². The zero-order valence-corrected chi connectivity index (χ0v) is 10.8. The van der Waals surface area contributed by atoms with Crippen molar-refractivity contribution in [2.75, 3.05) is 20.7 Å². The van der Waals surface area contributed by atoms with Crippen LogP contribution in [0.25, 0.3) is 10.9 Å². The molecule has 0 fully saturated rings. The van der Waals surface area contributed by atoms with Crippen LogP contribution >= 0.6 is 0 Å². The molecule has 1 aromatic heterocycles. The van der Waals surface area contributed by atoms with Gasteiger partial charge in [0.1, 0.15) is 5.82 Å². The molecule has 1 aromatic carbocycles. The lowest BCUT2D eigenvalue weighted by Crippen LogP contribution is -2.28. The normalized spacial score (nSPS) is 10.9. The van der Waals surface area contributed by atoms with E-state index in [1.807, 2.05) is 6.07 Å². The van der Waals surface area contributed by atoms with E-state index in [0.29, 0.717) is 23.3 Å². The van der Waals surface area contributed by atoms with Gasteiger partial charge in [-0.1, -0.05) is 12.1 Å². The summed E-state index contributed by atoms with van der Waals surface area (Å²) in [5.74, 6) is 0.195. The molecule has 0 spiro atoms. The van der Waals surface area contributed by atoms with Crippen LogP contribution in [-0.4, -0.2) is 41.5 Å². The number of benzene rings is 1. The van der Waals surface area contributed by atoms with Crippen LogP contribution in [0.3, 0.4) is 0 Å². The van der Waals surface area contributed by atoms with Crippen LogP contribution in [0.1, 0.15) is 5.82 Å². The molecule has 0 aliphatic heterocycles. The minimum atomic E-state index is -0.328. The van der Waals surface area contributed by atoms with Crippen molar-refractivity contribution in [3.63, 3.8) is 0 Å². The van der Waals surface area contributed by atoms with Gasteiger partial charge >= 0.3 is 5.97 Å². The van der Waals surface area contributed by atoms with Crippen LogP contribution < -0.4 is 5.56 Å². The van der Waals surface area contributed by atoms with Crippen LogP contribution in [0.5, 0.6) is 0 Å². The van der Waals surface area contributed by atoms with Crippen LogP contribution in [0.2, 0.25) is 0 Å². The summed E-state index contributed by atoms with van der Waals surface area (Å²) in [4.78, 5) is 31.8. The maximum Gasteiger partial charge on any atom is 0.319 e. The van der Waals surface area contributed by atoms with Crippen LogP contribution in [0.15, 0.2) is 29.1 Å². The van der Waals surface area contributed by atoms with Gasteiger partial charge < -0.3 is 9.72 Å². The second-order valence-corrected chi connectivity index (χ2v) is 4.28. The smallest absolute Gasteiger partial charge is 0.319 e. The van der Waals surface area contributed by atoms with Gasteiger partial charge in [-0.15, -0.1) is 0 Å². The molecule has 19 heavy (non-hydrogen) atoms. The number of nitrogens with one attached hydrogen (secondary N) is 1. The summed E-state index contributed by atoms with van der Waals surface area (Å²) in [6.45, 7) is 0.516. The highest BCUT2D eigenvalue weighted by molar-refractivity contribution is 5.77. The summed E-state index contributed by atoms with van der Waals surface area (Å²) in [5, 5.41) is 0.557. The minimum Gasteiger partial charge on any atom is -0.468 e. The summed E-state index contributed by atoms with van der Waals surface area (Å²) in [6.07, 6.45) is 0. The van der Waals surface area contributed by atoms with Gasteiger partial charge in [0, 0.05) is 0 Å². The molecule has 0 radical (unpaired) electrons. The first kappa shape index (κ1) is 13.2. The highest BCUT2D eigenvalue weighted by atomic mass is 16.5. The predicted octanol–water partition coefficient (Wildman–Crippen LogP) is 0.528. The molecule has 0 aliphatic rings. The zero-order chi connectivity index (χ0) is 13.8. The number of ether oxygens (including phenoxy) is 1. The number of esters is 1. The van der Waals surface area contributed by atoms with E-state index in [-0.39, 0.29) is 18.1 Å². The maximum absolute atomic E-state index is 11.9. The fraction of sp³-hybridized carbons (Fsp3) is 0.308. The number of methoxy groups -OCH3 is 1. The number of nitrogens with zero attached hydrogens (tertiary/aromatic N) is 2. The molecule has 0 amide bonds. The Balaban J connectivity index is 2.22. The summed E-state index contributed by atoms with van der Waals surface area (Å²) in [6, 6.07) is 7.14. The molecule has 0 unspecified atom stereocenters. The first-order valence-electron chi connectivity index (χ1n) is 5.83. The Hall–Kier alpha value is -2.21. The van der Waals surface area contributed by atoms with Gasteiger partial charge in [0.2, 0.25) is 0 Å². The van der Waals surface area contributed by atoms with Crippen molar-refractivity contribution in [1.82, 2.24) is 14.9 Å². The second-order valence-electron chi connectivity index (χ2n) is 4.28. The number of hydrogen-bond acceptors (Lipinski definition) is 5. The zero-order valence-electron chi connectivity index (χ0n) is 10.8. The Bertz CT molecular complexity index is 651. The van der Waals surface area contributed by atoms with Gasteiger partial charge in [-0.25, -0.2) is 4.98 Å². The van der Waals surface area contributed by atoms with E-state index in [4.69, 9.17) is 0 Å². The molecular weight excluding hydrogens is 246 g/mol. The largest absolute Gasteiger partial charge is 0.468 e. The molecule has 2 rings (SSSR count). The average molecular weight is 261 g/mol. The number of carbonyl (C=O) groups is 1. The fourth-order valence-corrected chi connectivity index (χ4v) is 1.81. The topological polar surface area (TPSA) is 75.3 Å². The molecule has 6 nitrogen and oxygen atoms in total. The van der Waals surface area contributed by atoms with E-state index in [9.17, 15) is 9.59 Å². The van der Waals surface area contributed by atoms with E-state index in [1.165, 1.54) is 7.11 Å². The number of para-hydroxylation sites is 1. The quantitative estimate of drug-likeness (QED) is 0.812. The number of likely N-dealkylation sites (N-methyl/N-ethyl adjacent to an activating group) is 1. The lowest BCUT2D eigenvalue weighted by atomic mass is 10.2. The van der Waals surface area contributed by atoms with Crippen LogP contribution in [0.4, 0.5) is 0 Å². The second kappa shape index (κ2) is 5.62. The minimum absolute atomic E-state index is 0.146. The third-order valence-electron chi connectivity index (χ3n) is 2.71. The Kier molecular flexibility index (Phi) is 3.91. The van der Waals surface area contributed by atoms with Crippen molar-refractivity contribution in [3.8, 4) is 0 Å². The van der Waals surface area contributed by atoms with Gasteiger partial charge in [0.05, 0.1) is 31.1 Å². The molecule has 0 bridgehead atoms. The van der Waals surface area contributed by atoms with Crippen LogP contribution in [0, 0.1) is 0 Å². The highest BCUT2D eigenvalue weighted by Gasteiger charge is 2.09. The summed E-state index contributed by atoms with van der Waals surface area (Å²) in [7, 11) is 3.10. The molecule has 0 aliphatic carbocycles. The molecule has 6 heteroatoms. The number of H-pyrrole nitrogens is 1. The molecule has 2 aromatic rings. The van der Waals surface area contributed by atoms with Crippen molar-refractivity contribution < 1.29 is 9.53 Å². The Morgan fingerprint density at radius 1 is 1.42 bits per heavy atom. The number of aromatic nitrogens is 2. The van der Waals surface area contributed by atoms with Gasteiger partial charge in [-0.2, -0.15) is 0 Å². The van der Waals surface area contributed by atoms with E-state index in [2.05, 4.69) is 14.7 Å². The molecule has 0 saturated heterocycles. The van der Waals surface area contributed by atoms with Crippen molar-refractivity contribution in [3.05, 3.63) is 40.4 Å². The maximum atomic E-state index is 11.9. The van der Waals surface area contributed by atoms with Gasteiger partial charge in [-0.3, -0.25) is 14.5 Å². The van der Waals surface area contributed by atoms with Gasteiger partial charge in [-0.05, 0) is 19.2 Å². The predicted molar refractivity (Wildman–Crippen MR) is 70.7 cm³/mol. The molecule has 0 atom stereocenters. The van der Waals surface area contributed by atoms with E-state index < -0.39 is 0 Å². The Labute approximate surface area is 110 Å². The summed E-state index contributed by atoms with van der Waals surface area (Å²) in [5.41, 5.74) is 0.472. The van der Waals surface area contributed by atoms with Gasteiger partial charge in [0.15, 0.2) is 0 Å². The number of aromatic amines is 1. The Morgan fingerprint density at radius 3 is 2.89 bits per heavy atom. The average Bonchev–Trinajstić information content (AvgIpc) is 2.38. The number of rotatable bonds is 4. The first-order chi connectivity index (χ1) is 9.10. The van der Waals surface area contributed by atoms with E-state index in [0.717, 1.165) is 0 Å². The number of hydrogen-bond donors (Lipinski definition) is 1. The third kappa shape index (κ3) is 3.17. The van der Waals surface area contributed by atoms with Crippen molar-refractivity contribution in [1.29, 1.82) is 0 Å². The van der Waals surface area contributed by atoms with Crippen molar-refractivity contribution in [2.45, 2.75) is 6.54 Å². The van der Waals surface area contributed by atoms with Crippen molar-refractivity contribution >= 4 is 16.9 Å². The van der Waals surface area contributed by atoms with Crippen molar-refractivity contribution in [2.24, 2.45) is 0 Å². The number of carbonyl (C=O) groups excluding carboxylic acids is 1. The molecule has 1 heterocycles.